The van der Waals surface area contributed by atoms with Crippen molar-refractivity contribution < 1.29 is 13.7 Å². The molecule has 1 aliphatic heterocycles. The Hall–Kier alpha value is -3.97. The number of furan rings is 1. The Bertz CT molecular complexity index is 1860. The molecule has 4 aromatic heterocycles. The molecular weight excluding hydrogens is 597 g/mol. The predicted octanol–water partition coefficient (Wildman–Crippen LogP) is 5.89. The molecule has 5 heterocycles. The number of hydrogen-bond acceptors (Lipinski definition) is 10. The number of ether oxygens (including phenoxy) is 1. The van der Waals surface area contributed by atoms with E-state index in [1.54, 1.807) is 28.4 Å². The van der Waals surface area contributed by atoms with Crippen LogP contribution in [0.2, 0.25) is 0 Å². The summed E-state index contributed by atoms with van der Waals surface area (Å²) in [7, 11) is 0. The van der Waals surface area contributed by atoms with Crippen LogP contribution in [0.3, 0.4) is 0 Å². The monoisotopic (exact) mass is 628 g/mol. The molecule has 44 heavy (non-hydrogen) atoms. The van der Waals surface area contributed by atoms with Crippen LogP contribution in [0.15, 0.2) is 84.5 Å². The Morgan fingerprint density at radius 1 is 1.18 bits per heavy atom. The van der Waals surface area contributed by atoms with E-state index in [0.29, 0.717) is 32.2 Å². The zero-order valence-electron chi connectivity index (χ0n) is 24.2. The average molecular weight is 629 g/mol. The van der Waals surface area contributed by atoms with Gasteiger partial charge in [-0.3, -0.25) is 9.36 Å². The first kappa shape index (κ1) is 28.8. The van der Waals surface area contributed by atoms with Gasteiger partial charge >= 0.3 is 4.34 Å². The molecule has 0 spiro atoms. The molecule has 226 valence electrons. The lowest BCUT2D eigenvalue weighted by Gasteiger charge is -2.23. The molecule has 1 atom stereocenters. The summed E-state index contributed by atoms with van der Waals surface area (Å²) in [6, 6.07) is 11.3. The van der Waals surface area contributed by atoms with Crippen molar-refractivity contribution in [2.75, 3.05) is 18.4 Å². The van der Waals surface area contributed by atoms with Gasteiger partial charge in [0, 0.05) is 40.5 Å². The third kappa shape index (κ3) is 5.90. The molecule has 0 bridgehead atoms. The maximum atomic E-state index is 14.1. The molecule has 1 aromatic carbocycles. The van der Waals surface area contributed by atoms with Crippen molar-refractivity contribution in [3.05, 3.63) is 87.7 Å². The lowest BCUT2D eigenvalue weighted by molar-refractivity contribution is 0.162. The minimum absolute atomic E-state index is 0.0636. The van der Waals surface area contributed by atoms with Crippen LogP contribution in [0.5, 0.6) is 5.75 Å². The SMILES string of the molecule is CC1=C(c2cc3cnc(Nc4ccc(OC5CCNCC5)cc4)nc3n(Cc3occc3[S+]([O-])c3nccs3)c2=O)CCC1. The summed E-state index contributed by atoms with van der Waals surface area (Å²) in [5, 5.41) is 9.14. The van der Waals surface area contributed by atoms with Crippen molar-refractivity contribution in [2.45, 2.75) is 60.9 Å². The van der Waals surface area contributed by atoms with Gasteiger partial charge in [-0.2, -0.15) is 9.97 Å². The number of nitrogens with zero attached hydrogens (tertiary/aromatic N) is 4. The van der Waals surface area contributed by atoms with E-state index in [2.05, 4.69) is 27.5 Å². The summed E-state index contributed by atoms with van der Waals surface area (Å²) in [6.45, 7) is 4.09. The molecule has 0 radical (unpaired) electrons. The van der Waals surface area contributed by atoms with E-state index in [1.165, 1.54) is 23.2 Å². The molecule has 2 aliphatic rings. The van der Waals surface area contributed by atoms with Crippen molar-refractivity contribution in [3.8, 4) is 5.75 Å². The van der Waals surface area contributed by atoms with E-state index in [9.17, 15) is 9.35 Å². The minimum Gasteiger partial charge on any atom is -0.604 e. The molecule has 0 amide bonds. The highest BCUT2D eigenvalue weighted by atomic mass is 32.2. The van der Waals surface area contributed by atoms with Crippen molar-refractivity contribution in [1.82, 2.24) is 24.8 Å². The minimum atomic E-state index is -1.53. The third-order valence-corrected chi connectivity index (χ3v) is 10.6. The zero-order chi connectivity index (χ0) is 30.0. The highest BCUT2D eigenvalue weighted by Gasteiger charge is 2.27. The topological polar surface area (TPSA) is 130 Å². The van der Waals surface area contributed by atoms with Gasteiger partial charge in [-0.15, -0.1) is 0 Å². The second-order valence-corrected chi connectivity index (χ2v) is 13.5. The number of aromatic nitrogens is 4. The van der Waals surface area contributed by atoms with Gasteiger partial charge in [0.2, 0.25) is 10.8 Å². The molecule has 10 nitrogen and oxygen atoms in total. The number of allylic oxidation sites excluding steroid dienone is 2. The van der Waals surface area contributed by atoms with Crippen LogP contribution in [0.1, 0.15) is 50.4 Å². The quantitative estimate of drug-likeness (QED) is 0.192. The molecule has 1 saturated heterocycles. The average Bonchev–Trinajstić information content (AvgIpc) is 3.83. The Morgan fingerprint density at radius 3 is 2.77 bits per heavy atom. The predicted molar refractivity (Wildman–Crippen MR) is 171 cm³/mol. The second-order valence-electron chi connectivity index (χ2n) is 11.0. The van der Waals surface area contributed by atoms with Gasteiger partial charge < -0.3 is 24.3 Å². The van der Waals surface area contributed by atoms with Gasteiger partial charge in [-0.25, -0.2) is 4.98 Å². The number of pyridine rings is 1. The third-order valence-electron chi connectivity index (χ3n) is 8.12. The lowest BCUT2D eigenvalue weighted by atomic mass is 10.0. The van der Waals surface area contributed by atoms with E-state index >= 15 is 0 Å². The van der Waals surface area contributed by atoms with Crippen molar-refractivity contribution in [2.24, 2.45) is 0 Å². The van der Waals surface area contributed by atoms with E-state index in [1.807, 2.05) is 30.3 Å². The van der Waals surface area contributed by atoms with E-state index in [0.717, 1.165) is 67.6 Å². The maximum absolute atomic E-state index is 14.1. The Balaban J connectivity index is 1.23. The van der Waals surface area contributed by atoms with Gasteiger partial charge in [0.05, 0.1) is 24.0 Å². The van der Waals surface area contributed by atoms with Crippen molar-refractivity contribution in [3.63, 3.8) is 0 Å². The smallest absolute Gasteiger partial charge is 0.307 e. The summed E-state index contributed by atoms with van der Waals surface area (Å²) in [4.78, 5) is 28.2. The molecule has 1 fully saturated rings. The first-order valence-electron chi connectivity index (χ1n) is 14.7. The fraction of sp³-hybridized carbons (Fsp3) is 0.312. The maximum Gasteiger partial charge on any atom is 0.307 e. The van der Waals surface area contributed by atoms with Crippen LogP contribution in [-0.4, -0.2) is 43.3 Å². The Kier molecular flexibility index (Phi) is 8.22. The number of fused-ring (bicyclic) bond motifs is 1. The molecule has 5 aromatic rings. The fourth-order valence-corrected chi connectivity index (χ4v) is 7.83. The number of hydrogen-bond donors (Lipinski definition) is 2. The van der Waals surface area contributed by atoms with E-state index in [-0.39, 0.29) is 18.2 Å². The summed E-state index contributed by atoms with van der Waals surface area (Å²) >= 11 is -0.214. The highest BCUT2D eigenvalue weighted by molar-refractivity contribution is 7.93. The van der Waals surface area contributed by atoms with Crippen molar-refractivity contribution >= 4 is 50.8 Å². The van der Waals surface area contributed by atoms with Gasteiger partial charge in [0.25, 0.3) is 5.56 Å². The highest BCUT2D eigenvalue weighted by Crippen LogP contribution is 2.34. The molecular formula is C32H32N6O4S2. The van der Waals surface area contributed by atoms with Crippen LogP contribution in [-0.2, 0) is 17.7 Å². The summed E-state index contributed by atoms with van der Waals surface area (Å²) in [5.41, 5.74) is 4.04. The first-order valence-corrected chi connectivity index (χ1v) is 16.8. The molecule has 1 unspecified atom stereocenters. The Labute approximate surface area is 261 Å². The first-order chi connectivity index (χ1) is 21.5. The van der Waals surface area contributed by atoms with Gasteiger partial charge in [-0.05, 0) is 88.0 Å². The molecule has 0 saturated carbocycles. The van der Waals surface area contributed by atoms with Crippen molar-refractivity contribution in [1.29, 1.82) is 0 Å². The van der Waals surface area contributed by atoms with E-state index < -0.39 is 11.2 Å². The van der Waals surface area contributed by atoms with Crippen LogP contribution in [0.25, 0.3) is 16.6 Å². The summed E-state index contributed by atoms with van der Waals surface area (Å²) in [5.74, 6) is 1.60. The second kappa shape index (κ2) is 12.6. The van der Waals surface area contributed by atoms with Crippen LogP contribution in [0, 0.1) is 0 Å². The summed E-state index contributed by atoms with van der Waals surface area (Å²) in [6.07, 6.45) is 9.91. The molecule has 2 N–H and O–H groups in total. The Morgan fingerprint density at radius 2 is 2.02 bits per heavy atom. The van der Waals surface area contributed by atoms with Crippen LogP contribution >= 0.6 is 11.3 Å². The van der Waals surface area contributed by atoms with Crippen LogP contribution < -0.4 is 20.9 Å². The van der Waals surface area contributed by atoms with Gasteiger partial charge in [0.1, 0.15) is 17.5 Å². The molecule has 7 rings (SSSR count). The zero-order valence-corrected chi connectivity index (χ0v) is 25.9. The normalized spacial score (nSPS) is 16.5. The number of thiazole rings is 1. The number of rotatable bonds is 9. The lowest BCUT2D eigenvalue weighted by Crippen LogP contribution is -2.34. The number of piperidine rings is 1. The number of nitrogens with one attached hydrogen (secondary N) is 2. The molecule has 12 heteroatoms. The van der Waals surface area contributed by atoms with Gasteiger partial charge in [0.15, 0.2) is 5.76 Å². The molecule has 1 aliphatic carbocycles. The van der Waals surface area contributed by atoms with Crippen LogP contribution in [0.4, 0.5) is 11.6 Å². The summed E-state index contributed by atoms with van der Waals surface area (Å²) < 4.78 is 27.3. The largest absolute Gasteiger partial charge is 0.604 e. The van der Waals surface area contributed by atoms with E-state index in [4.69, 9.17) is 14.1 Å². The number of benzene rings is 1. The standard InChI is InChI=1S/C32H32N6O4S2/c1-20-3-2-4-25(20)26-17-21-18-35-31(36-22-5-7-23(8-6-22)42-24-9-12-33-13-10-24)37-29(21)38(30(26)39)19-27-28(11-15-41-27)44(40)32-34-14-16-43-32/h5-8,11,14-18,24,33H,2-4,9-10,12-13,19H2,1H3,(H,35,36,37). The number of anilines is 2. The van der Waals surface area contributed by atoms with Gasteiger partial charge in [-0.1, -0.05) is 16.9 Å². The fourth-order valence-electron chi connectivity index (χ4n) is 5.84.